The molecule has 1 atom stereocenters. The summed E-state index contributed by atoms with van der Waals surface area (Å²) in [4.78, 5) is 12.6. The second kappa shape index (κ2) is 4.45. The van der Waals surface area contributed by atoms with Crippen LogP contribution in [0.3, 0.4) is 0 Å². The molecule has 1 fully saturated rings. The van der Waals surface area contributed by atoms with Crippen molar-refractivity contribution in [2.75, 3.05) is 13.1 Å². The Morgan fingerprint density at radius 3 is 2.75 bits per heavy atom. The molecule has 3 nitrogen and oxygen atoms in total. The second-order valence-electron chi connectivity index (χ2n) is 3.52. The number of likely N-dealkylation sites (tertiary alicyclic amines) is 1. The predicted molar refractivity (Wildman–Crippen MR) is 47.1 cm³/mol. The van der Waals surface area contributed by atoms with Crippen molar-refractivity contribution in [2.45, 2.75) is 38.6 Å². The van der Waals surface area contributed by atoms with Crippen LogP contribution in [-0.2, 0) is 4.79 Å². The van der Waals surface area contributed by atoms with Gasteiger partial charge in [0, 0.05) is 12.5 Å². The van der Waals surface area contributed by atoms with E-state index < -0.39 is 5.97 Å². The van der Waals surface area contributed by atoms with Gasteiger partial charge >= 0.3 is 5.97 Å². The summed E-state index contributed by atoms with van der Waals surface area (Å²) in [6.07, 6.45) is 3.47. The van der Waals surface area contributed by atoms with Crippen molar-refractivity contribution in [1.82, 2.24) is 4.90 Å². The molecule has 0 aliphatic carbocycles. The molecule has 0 aromatic carbocycles. The van der Waals surface area contributed by atoms with Gasteiger partial charge in [-0.05, 0) is 39.3 Å². The van der Waals surface area contributed by atoms with E-state index in [0.29, 0.717) is 6.42 Å². The molecule has 0 radical (unpaired) electrons. The molecule has 1 aliphatic rings. The Kier molecular flexibility index (Phi) is 3.53. The van der Waals surface area contributed by atoms with Crippen LogP contribution in [0, 0.1) is 0 Å². The van der Waals surface area contributed by atoms with Crippen LogP contribution in [0.1, 0.15) is 32.6 Å². The van der Waals surface area contributed by atoms with E-state index in [9.17, 15) is 4.79 Å². The Bertz CT molecular complexity index is 159. The number of carboxylic acids is 1. The number of rotatable bonds is 5. The highest BCUT2D eigenvalue weighted by Crippen LogP contribution is 2.16. The summed E-state index contributed by atoms with van der Waals surface area (Å²) in [5, 5.41) is 8.39. The minimum Gasteiger partial charge on any atom is -0.481 e. The van der Waals surface area contributed by atoms with Gasteiger partial charge in [0.25, 0.3) is 0 Å². The van der Waals surface area contributed by atoms with E-state index in [1.54, 1.807) is 0 Å². The lowest BCUT2D eigenvalue weighted by Gasteiger charge is -2.38. The monoisotopic (exact) mass is 171 g/mol. The van der Waals surface area contributed by atoms with Gasteiger partial charge in [0.2, 0.25) is 0 Å². The van der Waals surface area contributed by atoms with E-state index in [-0.39, 0.29) is 0 Å². The highest BCUT2D eigenvalue weighted by atomic mass is 16.4. The SMILES string of the molecule is CC1CCN1CCCCC(=O)O. The van der Waals surface area contributed by atoms with Crippen LogP contribution < -0.4 is 0 Å². The highest BCUT2D eigenvalue weighted by molar-refractivity contribution is 5.66. The predicted octanol–water partition coefficient (Wildman–Crippen LogP) is 1.34. The molecule has 0 aromatic rings. The summed E-state index contributed by atoms with van der Waals surface area (Å²) in [7, 11) is 0. The third-order valence-corrected chi connectivity index (χ3v) is 2.54. The van der Waals surface area contributed by atoms with Crippen molar-refractivity contribution in [2.24, 2.45) is 0 Å². The van der Waals surface area contributed by atoms with E-state index in [1.165, 1.54) is 13.0 Å². The standard InChI is InChI=1S/C9H17NO2/c1-8-5-7-10(8)6-3-2-4-9(11)12/h8H,2-7H2,1H3,(H,11,12). The lowest BCUT2D eigenvalue weighted by molar-refractivity contribution is -0.137. The van der Waals surface area contributed by atoms with Crippen molar-refractivity contribution < 1.29 is 9.90 Å². The number of hydrogen-bond acceptors (Lipinski definition) is 2. The molecule has 1 N–H and O–H groups in total. The molecule has 1 aliphatic heterocycles. The number of aliphatic carboxylic acids is 1. The Hall–Kier alpha value is -0.570. The van der Waals surface area contributed by atoms with Crippen molar-refractivity contribution in [1.29, 1.82) is 0 Å². The minimum absolute atomic E-state index is 0.322. The summed E-state index contributed by atoms with van der Waals surface area (Å²) in [5.41, 5.74) is 0. The van der Waals surface area contributed by atoms with E-state index in [4.69, 9.17) is 5.11 Å². The topological polar surface area (TPSA) is 40.5 Å². The average Bonchev–Trinajstić information content (AvgIpc) is 2.01. The normalized spacial score (nSPS) is 23.6. The van der Waals surface area contributed by atoms with Gasteiger partial charge < -0.3 is 10.0 Å². The molecule has 12 heavy (non-hydrogen) atoms. The molecule has 0 bridgehead atoms. The Balaban J connectivity index is 1.92. The number of carboxylic acid groups (broad SMARTS) is 1. The van der Waals surface area contributed by atoms with Gasteiger partial charge in [0.1, 0.15) is 0 Å². The molecular weight excluding hydrogens is 154 g/mol. The maximum Gasteiger partial charge on any atom is 0.303 e. The minimum atomic E-state index is -0.674. The van der Waals surface area contributed by atoms with Crippen molar-refractivity contribution in [3.05, 3.63) is 0 Å². The summed E-state index contributed by atoms with van der Waals surface area (Å²) >= 11 is 0. The summed E-state index contributed by atoms with van der Waals surface area (Å²) < 4.78 is 0. The zero-order valence-corrected chi connectivity index (χ0v) is 7.62. The second-order valence-corrected chi connectivity index (χ2v) is 3.52. The summed E-state index contributed by atoms with van der Waals surface area (Å²) in [6.45, 7) is 4.50. The van der Waals surface area contributed by atoms with Gasteiger partial charge in [0.15, 0.2) is 0 Å². The van der Waals surface area contributed by atoms with Crippen LogP contribution in [-0.4, -0.2) is 35.1 Å². The van der Waals surface area contributed by atoms with Gasteiger partial charge in [-0.15, -0.1) is 0 Å². The van der Waals surface area contributed by atoms with Gasteiger partial charge in [-0.2, -0.15) is 0 Å². The smallest absolute Gasteiger partial charge is 0.303 e. The van der Waals surface area contributed by atoms with E-state index >= 15 is 0 Å². The fourth-order valence-corrected chi connectivity index (χ4v) is 1.49. The third-order valence-electron chi connectivity index (χ3n) is 2.54. The number of unbranched alkanes of at least 4 members (excludes halogenated alkanes) is 1. The highest BCUT2D eigenvalue weighted by Gasteiger charge is 2.21. The van der Waals surface area contributed by atoms with Crippen LogP contribution in [0.4, 0.5) is 0 Å². The van der Waals surface area contributed by atoms with Crippen LogP contribution in [0.25, 0.3) is 0 Å². The lowest BCUT2D eigenvalue weighted by atomic mass is 10.0. The molecule has 1 rings (SSSR count). The molecular formula is C9H17NO2. The van der Waals surface area contributed by atoms with E-state index in [2.05, 4.69) is 11.8 Å². The van der Waals surface area contributed by atoms with Crippen LogP contribution in [0.15, 0.2) is 0 Å². The molecule has 0 aromatic heterocycles. The van der Waals surface area contributed by atoms with Gasteiger partial charge in [-0.3, -0.25) is 4.79 Å². The summed E-state index contributed by atoms with van der Waals surface area (Å²) in [6, 6.07) is 0.731. The molecule has 1 unspecified atom stereocenters. The first-order valence-corrected chi connectivity index (χ1v) is 4.66. The average molecular weight is 171 g/mol. The van der Waals surface area contributed by atoms with Crippen LogP contribution >= 0.6 is 0 Å². The number of nitrogens with zero attached hydrogens (tertiary/aromatic N) is 1. The first-order valence-electron chi connectivity index (χ1n) is 4.66. The largest absolute Gasteiger partial charge is 0.481 e. The third kappa shape index (κ3) is 2.81. The number of carbonyl (C=O) groups is 1. The molecule has 70 valence electrons. The quantitative estimate of drug-likeness (QED) is 0.634. The van der Waals surface area contributed by atoms with Crippen molar-refractivity contribution in [3.8, 4) is 0 Å². The lowest BCUT2D eigenvalue weighted by Crippen LogP contribution is -2.45. The Labute approximate surface area is 73.4 Å². The summed E-state index contributed by atoms with van der Waals surface area (Å²) in [5.74, 6) is -0.674. The maximum atomic E-state index is 10.2. The molecule has 1 heterocycles. The van der Waals surface area contributed by atoms with Crippen molar-refractivity contribution in [3.63, 3.8) is 0 Å². The van der Waals surface area contributed by atoms with E-state index in [0.717, 1.165) is 25.4 Å². The Morgan fingerprint density at radius 1 is 1.58 bits per heavy atom. The molecule has 0 saturated carbocycles. The van der Waals surface area contributed by atoms with Crippen LogP contribution in [0.5, 0.6) is 0 Å². The zero-order valence-electron chi connectivity index (χ0n) is 7.62. The van der Waals surface area contributed by atoms with Gasteiger partial charge in [-0.1, -0.05) is 0 Å². The van der Waals surface area contributed by atoms with Gasteiger partial charge in [-0.25, -0.2) is 0 Å². The fourth-order valence-electron chi connectivity index (χ4n) is 1.49. The van der Waals surface area contributed by atoms with Gasteiger partial charge in [0.05, 0.1) is 0 Å². The van der Waals surface area contributed by atoms with E-state index in [1.807, 2.05) is 0 Å². The molecule has 3 heteroatoms. The fraction of sp³-hybridized carbons (Fsp3) is 0.889. The Morgan fingerprint density at radius 2 is 2.33 bits per heavy atom. The first kappa shape index (κ1) is 9.52. The maximum absolute atomic E-state index is 10.2. The number of hydrogen-bond donors (Lipinski definition) is 1. The molecule has 0 amide bonds. The van der Waals surface area contributed by atoms with Crippen LogP contribution in [0.2, 0.25) is 0 Å². The zero-order chi connectivity index (χ0) is 8.97. The first-order chi connectivity index (χ1) is 5.70. The molecule has 0 spiro atoms. The van der Waals surface area contributed by atoms with Crippen molar-refractivity contribution >= 4 is 5.97 Å². The molecule has 1 saturated heterocycles.